The van der Waals surface area contributed by atoms with Crippen molar-refractivity contribution in [1.29, 1.82) is 0 Å². The fourth-order valence-electron chi connectivity index (χ4n) is 4.33. The second-order valence-electron chi connectivity index (χ2n) is 8.39. The molecular weight excluding hydrogens is 362 g/mol. The first kappa shape index (κ1) is 21.6. The van der Waals surface area contributed by atoms with E-state index < -0.39 is 0 Å². The molecule has 2 aliphatic rings. The Bertz CT molecular complexity index is 722. The van der Waals surface area contributed by atoms with Gasteiger partial charge in [0.2, 0.25) is 11.8 Å². The summed E-state index contributed by atoms with van der Waals surface area (Å²) in [5.41, 5.74) is 3.95. The van der Waals surface area contributed by atoms with E-state index in [-0.39, 0.29) is 11.8 Å². The molecule has 0 atom stereocenters. The van der Waals surface area contributed by atoms with Gasteiger partial charge in [-0.05, 0) is 49.3 Å². The molecule has 2 aliphatic heterocycles. The van der Waals surface area contributed by atoms with Gasteiger partial charge < -0.3 is 9.80 Å². The second-order valence-corrected chi connectivity index (χ2v) is 8.39. The Morgan fingerprint density at radius 2 is 1.52 bits per heavy atom. The van der Waals surface area contributed by atoms with E-state index in [9.17, 15) is 9.59 Å². The van der Waals surface area contributed by atoms with Crippen LogP contribution in [0.25, 0.3) is 6.08 Å². The smallest absolute Gasteiger partial charge is 0.236 e. The topological polar surface area (TPSA) is 43.9 Å². The third-order valence-corrected chi connectivity index (χ3v) is 6.36. The van der Waals surface area contributed by atoms with Crippen molar-refractivity contribution in [1.82, 2.24) is 14.7 Å². The Labute approximate surface area is 175 Å². The van der Waals surface area contributed by atoms with Gasteiger partial charge in [-0.25, -0.2) is 0 Å². The van der Waals surface area contributed by atoms with Crippen molar-refractivity contribution < 1.29 is 9.59 Å². The van der Waals surface area contributed by atoms with E-state index in [1.165, 1.54) is 16.7 Å². The predicted molar refractivity (Wildman–Crippen MR) is 118 cm³/mol. The van der Waals surface area contributed by atoms with E-state index in [1.807, 2.05) is 16.7 Å². The number of piperidine rings is 1. The minimum atomic E-state index is 0.215. The van der Waals surface area contributed by atoms with E-state index in [0.717, 1.165) is 52.1 Å². The maximum Gasteiger partial charge on any atom is 0.236 e. The molecule has 2 amide bonds. The fraction of sp³-hybridized carbons (Fsp3) is 0.583. The van der Waals surface area contributed by atoms with Crippen LogP contribution in [0.15, 0.2) is 24.3 Å². The van der Waals surface area contributed by atoms with Crippen molar-refractivity contribution in [3.63, 3.8) is 0 Å². The molecule has 5 nitrogen and oxygen atoms in total. The van der Waals surface area contributed by atoms with E-state index in [4.69, 9.17) is 0 Å². The van der Waals surface area contributed by atoms with Gasteiger partial charge in [-0.2, -0.15) is 0 Å². The highest BCUT2D eigenvalue weighted by Gasteiger charge is 2.25. The molecule has 1 aromatic rings. The number of likely N-dealkylation sites (tertiary alicyclic amines) is 1. The van der Waals surface area contributed by atoms with Crippen LogP contribution in [0.5, 0.6) is 0 Å². The molecule has 3 rings (SSSR count). The first-order valence-electron chi connectivity index (χ1n) is 11.0. The Balaban J connectivity index is 1.43. The number of amides is 2. The summed E-state index contributed by atoms with van der Waals surface area (Å²) in [4.78, 5) is 30.6. The number of carbonyl (C=O) groups is 2. The monoisotopic (exact) mass is 397 g/mol. The van der Waals surface area contributed by atoms with Gasteiger partial charge in [0.25, 0.3) is 0 Å². The maximum absolute atomic E-state index is 12.7. The number of piperazine rings is 1. The quantitative estimate of drug-likeness (QED) is 0.767. The minimum absolute atomic E-state index is 0.215. The first-order valence-corrected chi connectivity index (χ1v) is 11.0. The summed E-state index contributed by atoms with van der Waals surface area (Å²) >= 11 is 0. The SMILES string of the molecule is CCC(=O)N1CCN(CC(=O)N2CCC(/C=C/c3c(C)cccc3C)CC2)CC1. The highest BCUT2D eigenvalue weighted by Crippen LogP contribution is 2.22. The number of nitrogens with zero attached hydrogens (tertiary/aromatic N) is 3. The highest BCUT2D eigenvalue weighted by atomic mass is 16.2. The van der Waals surface area contributed by atoms with E-state index >= 15 is 0 Å². The molecule has 0 saturated carbocycles. The number of rotatable bonds is 5. The van der Waals surface area contributed by atoms with Crippen molar-refractivity contribution in [2.24, 2.45) is 5.92 Å². The molecule has 0 spiro atoms. The lowest BCUT2D eigenvalue weighted by atomic mass is 9.94. The van der Waals surface area contributed by atoms with Gasteiger partial charge in [-0.3, -0.25) is 14.5 Å². The molecule has 2 saturated heterocycles. The molecule has 0 unspecified atom stereocenters. The Hall–Kier alpha value is -2.14. The standard InChI is InChI=1S/C24H35N3O2/c1-4-23(28)27-16-14-25(15-17-27)18-24(29)26-12-10-21(11-13-26)8-9-22-19(2)6-5-7-20(22)3/h5-9,21H,4,10-18H2,1-3H3/b9-8+. The molecule has 1 aromatic carbocycles. The van der Waals surface area contributed by atoms with Gasteiger partial charge in [-0.1, -0.05) is 37.3 Å². The molecule has 0 N–H and O–H groups in total. The fourth-order valence-corrected chi connectivity index (χ4v) is 4.33. The van der Waals surface area contributed by atoms with Crippen molar-refractivity contribution in [3.8, 4) is 0 Å². The lowest BCUT2D eigenvalue weighted by molar-refractivity contribution is -0.135. The van der Waals surface area contributed by atoms with Crippen LogP contribution in [0, 0.1) is 19.8 Å². The van der Waals surface area contributed by atoms with Gasteiger partial charge in [-0.15, -0.1) is 0 Å². The van der Waals surface area contributed by atoms with Gasteiger partial charge in [0.05, 0.1) is 6.54 Å². The molecule has 0 aromatic heterocycles. The molecule has 0 aliphatic carbocycles. The Morgan fingerprint density at radius 1 is 0.931 bits per heavy atom. The zero-order valence-electron chi connectivity index (χ0n) is 18.2. The largest absolute Gasteiger partial charge is 0.342 e. The second kappa shape index (κ2) is 10.1. The van der Waals surface area contributed by atoms with E-state index in [0.29, 0.717) is 18.9 Å². The average molecular weight is 398 g/mol. The molecule has 0 radical (unpaired) electrons. The molecule has 0 bridgehead atoms. The summed E-state index contributed by atoms with van der Waals surface area (Å²) < 4.78 is 0. The molecule has 5 heteroatoms. The van der Waals surface area contributed by atoms with Crippen molar-refractivity contribution in [3.05, 3.63) is 41.0 Å². The van der Waals surface area contributed by atoms with Gasteiger partial charge in [0.15, 0.2) is 0 Å². The Morgan fingerprint density at radius 3 is 2.10 bits per heavy atom. The van der Waals surface area contributed by atoms with Crippen LogP contribution < -0.4 is 0 Å². The van der Waals surface area contributed by atoms with Crippen molar-refractivity contribution in [2.45, 2.75) is 40.0 Å². The molecule has 2 heterocycles. The third-order valence-electron chi connectivity index (χ3n) is 6.36. The predicted octanol–water partition coefficient (Wildman–Crippen LogP) is 3.11. The number of hydrogen-bond donors (Lipinski definition) is 0. The minimum Gasteiger partial charge on any atom is -0.342 e. The number of hydrogen-bond acceptors (Lipinski definition) is 3. The van der Waals surface area contributed by atoms with Gasteiger partial charge in [0, 0.05) is 45.7 Å². The summed E-state index contributed by atoms with van der Waals surface area (Å²) in [5, 5.41) is 0. The van der Waals surface area contributed by atoms with E-state index in [2.05, 4.69) is 49.1 Å². The Kier molecular flexibility index (Phi) is 7.48. The average Bonchev–Trinajstić information content (AvgIpc) is 2.73. The zero-order valence-corrected chi connectivity index (χ0v) is 18.2. The van der Waals surface area contributed by atoms with Crippen LogP contribution in [0.4, 0.5) is 0 Å². The van der Waals surface area contributed by atoms with Crippen LogP contribution in [-0.2, 0) is 9.59 Å². The van der Waals surface area contributed by atoms with Crippen LogP contribution in [-0.4, -0.2) is 72.3 Å². The van der Waals surface area contributed by atoms with Gasteiger partial charge in [0.1, 0.15) is 0 Å². The summed E-state index contributed by atoms with van der Waals surface area (Å²) in [6.07, 6.45) is 7.23. The lowest BCUT2D eigenvalue weighted by Crippen LogP contribution is -2.52. The summed E-state index contributed by atoms with van der Waals surface area (Å²) in [6, 6.07) is 6.42. The number of aryl methyl sites for hydroxylation is 2. The number of allylic oxidation sites excluding steroid dienone is 1. The molecule has 29 heavy (non-hydrogen) atoms. The number of carbonyl (C=O) groups excluding carboxylic acids is 2. The highest BCUT2D eigenvalue weighted by molar-refractivity contribution is 5.78. The third kappa shape index (κ3) is 5.69. The molecular formula is C24H35N3O2. The van der Waals surface area contributed by atoms with Crippen LogP contribution in [0.2, 0.25) is 0 Å². The zero-order chi connectivity index (χ0) is 20.8. The summed E-state index contributed by atoms with van der Waals surface area (Å²) in [5.74, 6) is 0.992. The summed E-state index contributed by atoms with van der Waals surface area (Å²) in [7, 11) is 0. The number of benzene rings is 1. The van der Waals surface area contributed by atoms with Gasteiger partial charge >= 0.3 is 0 Å². The van der Waals surface area contributed by atoms with Crippen molar-refractivity contribution in [2.75, 3.05) is 45.8 Å². The molecule has 158 valence electrons. The summed E-state index contributed by atoms with van der Waals surface area (Å²) in [6.45, 7) is 11.5. The van der Waals surface area contributed by atoms with Crippen LogP contribution >= 0.6 is 0 Å². The van der Waals surface area contributed by atoms with Crippen LogP contribution in [0.3, 0.4) is 0 Å². The first-order chi connectivity index (χ1) is 14.0. The maximum atomic E-state index is 12.7. The molecule has 2 fully saturated rings. The van der Waals surface area contributed by atoms with Crippen molar-refractivity contribution >= 4 is 17.9 Å². The van der Waals surface area contributed by atoms with Crippen LogP contribution in [0.1, 0.15) is 42.9 Å². The van der Waals surface area contributed by atoms with E-state index in [1.54, 1.807) is 0 Å². The lowest BCUT2D eigenvalue weighted by Gasteiger charge is -2.36. The normalized spacial score (nSPS) is 19.1.